The summed E-state index contributed by atoms with van der Waals surface area (Å²) < 4.78 is 5.17. The molecule has 0 aliphatic heterocycles. The second kappa shape index (κ2) is 3.85. The number of hydrogen-bond donors (Lipinski definition) is 0. The summed E-state index contributed by atoms with van der Waals surface area (Å²) in [5.74, 6) is 0.402. The van der Waals surface area contributed by atoms with Crippen molar-refractivity contribution < 1.29 is 9.53 Å². The zero-order valence-corrected chi connectivity index (χ0v) is 7.20. The zero-order valence-electron chi connectivity index (χ0n) is 7.20. The molecule has 0 aliphatic rings. The lowest BCUT2D eigenvalue weighted by molar-refractivity contribution is 0.101. The molecular formula is C9H11NO2. The smallest absolute Gasteiger partial charge is 0.224 e. The molecule has 0 saturated carbocycles. The number of nitrogens with zero attached hydrogens (tertiary/aromatic N) is 1. The van der Waals surface area contributed by atoms with E-state index in [0.29, 0.717) is 18.1 Å². The van der Waals surface area contributed by atoms with Gasteiger partial charge < -0.3 is 4.74 Å². The molecular weight excluding hydrogens is 154 g/mol. The highest BCUT2D eigenvalue weighted by Crippen LogP contribution is 2.14. The molecule has 0 amide bonds. The van der Waals surface area contributed by atoms with Gasteiger partial charge in [0.25, 0.3) is 0 Å². The quantitative estimate of drug-likeness (QED) is 0.640. The first kappa shape index (κ1) is 8.71. The van der Waals surface area contributed by atoms with E-state index < -0.39 is 0 Å². The molecule has 0 N–H and O–H groups in total. The third kappa shape index (κ3) is 1.81. The maximum atomic E-state index is 11.0. The lowest BCUT2D eigenvalue weighted by Crippen LogP contribution is -2.01. The Morgan fingerprint density at radius 1 is 1.67 bits per heavy atom. The molecule has 1 heterocycles. The number of pyridine rings is 1. The average molecular weight is 165 g/mol. The van der Waals surface area contributed by atoms with Gasteiger partial charge in [0, 0.05) is 6.20 Å². The Labute approximate surface area is 71.4 Å². The second-order valence-electron chi connectivity index (χ2n) is 2.35. The molecule has 0 radical (unpaired) electrons. The van der Waals surface area contributed by atoms with Gasteiger partial charge in [0.2, 0.25) is 5.88 Å². The highest BCUT2D eigenvalue weighted by molar-refractivity contribution is 5.96. The molecule has 0 unspecified atom stereocenters. The van der Waals surface area contributed by atoms with Crippen LogP contribution in [0.25, 0.3) is 0 Å². The lowest BCUT2D eigenvalue weighted by atomic mass is 10.2. The van der Waals surface area contributed by atoms with Gasteiger partial charge in [-0.1, -0.05) is 0 Å². The van der Waals surface area contributed by atoms with E-state index in [4.69, 9.17) is 4.74 Å². The van der Waals surface area contributed by atoms with Crippen LogP contribution in [0.5, 0.6) is 5.88 Å². The molecule has 0 spiro atoms. The molecule has 3 nitrogen and oxygen atoms in total. The molecule has 0 atom stereocenters. The molecule has 0 aliphatic carbocycles. The van der Waals surface area contributed by atoms with E-state index in [9.17, 15) is 4.79 Å². The third-order valence-corrected chi connectivity index (χ3v) is 1.43. The van der Waals surface area contributed by atoms with Crippen LogP contribution >= 0.6 is 0 Å². The van der Waals surface area contributed by atoms with Crippen LogP contribution in [0.1, 0.15) is 24.2 Å². The molecule has 1 aromatic heterocycles. The maximum absolute atomic E-state index is 11.0. The topological polar surface area (TPSA) is 39.2 Å². The fraction of sp³-hybridized carbons (Fsp3) is 0.333. The normalized spacial score (nSPS) is 9.50. The van der Waals surface area contributed by atoms with E-state index in [1.807, 2.05) is 6.92 Å². The Morgan fingerprint density at radius 2 is 2.42 bits per heavy atom. The van der Waals surface area contributed by atoms with E-state index in [2.05, 4.69) is 4.98 Å². The largest absolute Gasteiger partial charge is 0.477 e. The van der Waals surface area contributed by atoms with Crippen LogP contribution < -0.4 is 4.74 Å². The monoisotopic (exact) mass is 165 g/mol. The first-order valence-electron chi connectivity index (χ1n) is 3.84. The van der Waals surface area contributed by atoms with Crippen LogP contribution in [0.3, 0.4) is 0 Å². The van der Waals surface area contributed by atoms with Gasteiger partial charge in [0.15, 0.2) is 5.78 Å². The van der Waals surface area contributed by atoms with Crippen molar-refractivity contribution in [1.29, 1.82) is 0 Å². The summed E-state index contributed by atoms with van der Waals surface area (Å²) in [6.07, 6.45) is 1.61. The molecule has 0 bridgehead atoms. The summed E-state index contributed by atoms with van der Waals surface area (Å²) in [7, 11) is 0. The SMILES string of the molecule is CCOc1ncccc1C(C)=O. The number of hydrogen-bond acceptors (Lipinski definition) is 3. The summed E-state index contributed by atoms with van der Waals surface area (Å²) in [4.78, 5) is 15.0. The minimum absolute atomic E-state index is 0.0217. The molecule has 1 aromatic rings. The van der Waals surface area contributed by atoms with Crippen molar-refractivity contribution >= 4 is 5.78 Å². The fourth-order valence-corrected chi connectivity index (χ4v) is 0.910. The van der Waals surface area contributed by atoms with Crippen LogP contribution in [0.15, 0.2) is 18.3 Å². The zero-order chi connectivity index (χ0) is 8.97. The van der Waals surface area contributed by atoms with Gasteiger partial charge in [-0.15, -0.1) is 0 Å². The summed E-state index contributed by atoms with van der Waals surface area (Å²) in [6, 6.07) is 3.43. The second-order valence-corrected chi connectivity index (χ2v) is 2.35. The number of ether oxygens (including phenoxy) is 1. The predicted octanol–water partition coefficient (Wildman–Crippen LogP) is 1.68. The van der Waals surface area contributed by atoms with Gasteiger partial charge in [-0.2, -0.15) is 0 Å². The molecule has 0 fully saturated rings. The summed E-state index contributed by atoms with van der Waals surface area (Å²) in [5, 5.41) is 0. The Hall–Kier alpha value is -1.38. The van der Waals surface area contributed by atoms with Gasteiger partial charge in [-0.3, -0.25) is 4.79 Å². The Bertz CT molecular complexity index is 284. The summed E-state index contributed by atoms with van der Waals surface area (Å²) in [5.41, 5.74) is 0.541. The van der Waals surface area contributed by atoms with Crippen molar-refractivity contribution in [1.82, 2.24) is 4.98 Å². The standard InChI is InChI=1S/C9H11NO2/c1-3-12-9-8(7(2)11)5-4-6-10-9/h4-6H,3H2,1-2H3. The fourth-order valence-electron chi connectivity index (χ4n) is 0.910. The maximum Gasteiger partial charge on any atom is 0.224 e. The first-order chi connectivity index (χ1) is 5.75. The number of rotatable bonds is 3. The van der Waals surface area contributed by atoms with Crippen molar-refractivity contribution in [2.45, 2.75) is 13.8 Å². The van der Waals surface area contributed by atoms with Gasteiger partial charge in [-0.25, -0.2) is 4.98 Å². The van der Waals surface area contributed by atoms with Crippen LogP contribution in [-0.2, 0) is 0 Å². The van der Waals surface area contributed by atoms with Gasteiger partial charge in [0.1, 0.15) is 0 Å². The Morgan fingerprint density at radius 3 is 3.00 bits per heavy atom. The van der Waals surface area contributed by atoms with Crippen molar-refractivity contribution in [2.24, 2.45) is 0 Å². The molecule has 64 valence electrons. The Balaban J connectivity index is 3.00. The predicted molar refractivity (Wildman–Crippen MR) is 45.4 cm³/mol. The van der Waals surface area contributed by atoms with E-state index in [1.54, 1.807) is 18.3 Å². The molecule has 3 heteroatoms. The van der Waals surface area contributed by atoms with Crippen molar-refractivity contribution in [3.8, 4) is 5.88 Å². The molecule has 1 rings (SSSR count). The van der Waals surface area contributed by atoms with Crippen molar-refractivity contribution in [3.63, 3.8) is 0 Å². The number of ketones is 1. The van der Waals surface area contributed by atoms with Crippen molar-refractivity contribution in [3.05, 3.63) is 23.9 Å². The minimum atomic E-state index is -0.0217. The van der Waals surface area contributed by atoms with E-state index in [0.717, 1.165) is 0 Å². The minimum Gasteiger partial charge on any atom is -0.477 e. The third-order valence-electron chi connectivity index (χ3n) is 1.43. The Kier molecular flexibility index (Phi) is 2.80. The molecule has 0 aromatic carbocycles. The van der Waals surface area contributed by atoms with Gasteiger partial charge in [0.05, 0.1) is 12.2 Å². The first-order valence-corrected chi connectivity index (χ1v) is 3.84. The van der Waals surface area contributed by atoms with Crippen LogP contribution in [0, 0.1) is 0 Å². The van der Waals surface area contributed by atoms with E-state index >= 15 is 0 Å². The summed E-state index contributed by atoms with van der Waals surface area (Å²) >= 11 is 0. The van der Waals surface area contributed by atoms with Crippen molar-refractivity contribution in [2.75, 3.05) is 6.61 Å². The number of aromatic nitrogens is 1. The number of carbonyl (C=O) groups is 1. The lowest BCUT2D eigenvalue weighted by Gasteiger charge is -2.04. The number of Topliss-reactive ketones (excluding diaryl/α,β-unsaturated/α-hetero) is 1. The molecule has 0 saturated heterocycles. The van der Waals surface area contributed by atoms with E-state index in [1.165, 1.54) is 6.92 Å². The summed E-state index contributed by atoms with van der Waals surface area (Å²) in [6.45, 7) is 3.88. The van der Waals surface area contributed by atoms with Crippen LogP contribution in [0.2, 0.25) is 0 Å². The van der Waals surface area contributed by atoms with Crippen LogP contribution in [-0.4, -0.2) is 17.4 Å². The number of carbonyl (C=O) groups excluding carboxylic acids is 1. The van der Waals surface area contributed by atoms with Gasteiger partial charge in [-0.05, 0) is 26.0 Å². The van der Waals surface area contributed by atoms with Gasteiger partial charge >= 0.3 is 0 Å². The highest BCUT2D eigenvalue weighted by Gasteiger charge is 2.07. The van der Waals surface area contributed by atoms with E-state index in [-0.39, 0.29) is 5.78 Å². The molecule has 12 heavy (non-hydrogen) atoms. The van der Waals surface area contributed by atoms with Crippen LogP contribution in [0.4, 0.5) is 0 Å². The average Bonchev–Trinajstić information content (AvgIpc) is 2.05. The highest BCUT2D eigenvalue weighted by atomic mass is 16.5.